The molecule has 3 rings (SSSR count). The van der Waals surface area contributed by atoms with Gasteiger partial charge < -0.3 is 21.3 Å². The fraction of sp³-hybridized carbons (Fsp3) is 0.440. The van der Waals surface area contributed by atoms with Gasteiger partial charge in [0, 0.05) is 18.7 Å². The van der Waals surface area contributed by atoms with Crippen LogP contribution in [0.1, 0.15) is 68.4 Å². The minimum atomic E-state index is -0.511. The average molecular weight is 423 g/mol. The summed E-state index contributed by atoms with van der Waals surface area (Å²) >= 11 is 0. The topological polar surface area (TPSA) is 87.5 Å². The number of urea groups is 1. The molecule has 6 heteroatoms. The highest BCUT2D eigenvalue weighted by atomic mass is 16.2. The van der Waals surface area contributed by atoms with E-state index in [1.54, 1.807) is 12.1 Å². The van der Waals surface area contributed by atoms with Crippen molar-refractivity contribution in [2.45, 2.75) is 52.5 Å². The van der Waals surface area contributed by atoms with Gasteiger partial charge in [-0.15, -0.1) is 0 Å². The molecule has 166 valence electrons. The van der Waals surface area contributed by atoms with Crippen molar-refractivity contribution in [2.75, 3.05) is 23.3 Å². The Morgan fingerprint density at radius 1 is 1.03 bits per heavy atom. The highest BCUT2D eigenvalue weighted by molar-refractivity contribution is 5.99. The zero-order valence-electron chi connectivity index (χ0n) is 18.8. The number of nitrogens with one attached hydrogen (secondary N) is 2. The van der Waals surface area contributed by atoms with E-state index < -0.39 is 5.91 Å². The Kier molecular flexibility index (Phi) is 7.21. The van der Waals surface area contributed by atoms with Crippen LogP contribution in [-0.2, 0) is 0 Å². The average Bonchev–Trinajstić information content (AvgIpc) is 2.73. The summed E-state index contributed by atoms with van der Waals surface area (Å²) in [5.41, 5.74) is 8.50. The lowest BCUT2D eigenvalue weighted by Gasteiger charge is -2.31. The molecule has 3 amide bonds. The third-order valence-electron chi connectivity index (χ3n) is 5.55. The summed E-state index contributed by atoms with van der Waals surface area (Å²) in [5.74, 6) is -0.511. The minimum Gasteiger partial charge on any atom is -0.370 e. The first-order valence-corrected chi connectivity index (χ1v) is 11.0. The molecule has 6 nitrogen and oxygen atoms in total. The van der Waals surface area contributed by atoms with E-state index in [4.69, 9.17) is 5.73 Å². The van der Waals surface area contributed by atoms with Gasteiger partial charge in [0.2, 0.25) is 5.91 Å². The van der Waals surface area contributed by atoms with Gasteiger partial charge in [0.25, 0.3) is 0 Å². The molecule has 0 aliphatic carbocycles. The van der Waals surface area contributed by atoms with Crippen LogP contribution in [0.25, 0.3) is 0 Å². The van der Waals surface area contributed by atoms with E-state index >= 15 is 0 Å². The van der Waals surface area contributed by atoms with Crippen LogP contribution >= 0.6 is 0 Å². The Balaban J connectivity index is 1.83. The molecule has 0 bridgehead atoms. The van der Waals surface area contributed by atoms with Crippen molar-refractivity contribution in [3.05, 3.63) is 59.7 Å². The number of amides is 3. The number of carbonyl (C=O) groups excluding carboxylic acids is 2. The van der Waals surface area contributed by atoms with Crippen LogP contribution in [0.2, 0.25) is 0 Å². The quantitative estimate of drug-likeness (QED) is 0.607. The van der Waals surface area contributed by atoms with Crippen molar-refractivity contribution in [3.8, 4) is 0 Å². The number of primary amides is 1. The molecule has 0 aromatic heterocycles. The van der Waals surface area contributed by atoms with Gasteiger partial charge in [0.05, 0.1) is 17.4 Å². The van der Waals surface area contributed by atoms with Crippen molar-refractivity contribution in [1.82, 2.24) is 5.32 Å². The molecular weight excluding hydrogens is 388 g/mol. The molecule has 1 heterocycles. The summed E-state index contributed by atoms with van der Waals surface area (Å²) in [6.07, 6.45) is 4.24. The Morgan fingerprint density at radius 3 is 2.32 bits per heavy atom. The second-order valence-electron chi connectivity index (χ2n) is 9.47. The lowest BCUT2D eigenvalue weighted by molar-refractivity contribution is 0.1000. The molecule has 0 spiro atoms. The molecule has 1 unspecified atom stereocenters. The lowest BCUT2D eigenvalue weighted by atomic mass is 9.85. The van der Waals surface area contributed by atoms with Crippen molar-refractivity contribution in [3.63, 3.8) is 0 Å². The van der Waals surface area contributed by atoms with Crippen LogP contribution in [-0.4, -0.2) is 25.0 Å². The smallest absolute Gasteiger partial charge is 0.319 e. The molecule has 2 aromatic carbocycles. The molecule has 1 aliphatic heterocycles. The first-order chi connectivity index (χ1) is 14.7. The van der Waals surface area contributed by atoms with E-state index in [-0.39, 0.29) is 17.5 Å². The molecule has 1 atom stereocenters. The zero-order chi connectivity index (χ0) is 22.4. The van der Waals surface area contributed by atoms with E-state index in [9.17, 15) is 9.59 Å². The second kappa shape index (κ2) is 9.86. The maximum Gasteiger partial charge on any atom is 0.319 e. The summed E-state index contributed by atoms with van der Waals surface area (Å²) in [7, 11) is 0. The summed E-state index contributed by atoms with van der Waals surface area (Å²) in [6, 6.07) is 14.9. The van der Waals surface area contributed by atoms with Crippen LogP contribution < -0.4 is 21.3 Å². The molecule has 1 saturated heterocycles. The van der Waals surface area contributed by atoms with Crippen LogP contribution in [0.5, 0.6) is 0 Å². The molecule has 1 fully saturated rings. The van der Waals surface area contributed by atoms with Gasteiger partial charge in [-0.2, -0.15) is 0 Å². The Hall–Kier alpha value is -3.02. The second-order valence-corrected chi connectivity index (χ2v) is 9.47. The van der Waals surface area contributed by atoms with Gasteiger partial charge in [-0.3, -0.25) is 4.79 Å². The number of benzene rings is 2. The Bertz CT molecular complexity index is 899. The van der Waals surface area contributed by atoms with Crippen molar-refractivity contribution < 1.29 is 9.59 Å². The summed E-state index contributed by atoms with van der Waals surface area (Å²) in [4.78, 5) is 27.0. The Labute approximate surface area is 185 Å². The summed E-state index contributed by atoms with van der Waals surface area (Å²) in [5, 5.41) is 6.12. The number of rotatable bonds is 6. The van der Waals surface area contributed by atoms with Crippen LogP contribution in [0.4, 0.5) is 16.2 Å². The maximum absolute atomic E-state index is 13.0. The van der Waals surface area contributed by atoms with Gasteiger partial charge in [0.1, 0.15) is 0 Å². The molecule has 0 radical (unpaired) electrons. The number of anilines is 2. The molecule has 4 N–H and O–H groups in total. The van der Waals surface area contributed by atoms with Gasteiger partial charge in [0.15, 0.2) is 0 Å². The van der Waals surface area contributed by atoms with Crippen LogP contribution in [0.3, 0.4) is 0 Å². The highest BCUT2D eigenvalue weighted by Gasteiger charge is 2.23. The molecule has 1 aliphatic rings. The Morgan fingerprint density at radius 2 is 1.71 bits per heavy atom. The summed E-state index contributed by atoms with van der Waals surface area (Å²) in [6.45, 7) is 8.35. The van der Waals surface area contributed by atoms with Crippen LogP contribution in [0, 0.1) is 5.41 Å². The van der Waals surface area contributed by atoms with Gasteiger partial charge in [-0.25, -0.2) is 4.79 Å². The van der Waals surface area contributed by atoms with Gasteiger partial charge >= 0.3 is 6.03 Å². The number of carbonyl (C=O) groups is 2. The third kappa shape index (κ3) is 6.48. The highest BCUT2D eigenvalue weighted by Crippen LogP contribution is 2.31. The molecule has 0 saturated carbocycles. The van der Waals surface area contributed by atoms with E-state index in [0.29, 0.717) is 11.3 Å². The maximum atomic E-state index is 13.0. The first kappa shape index (κ1) is 22.7. The van der Waals surface area contributed by atoms with Gasteiger partial charge in [-0.1, -0.05) is 51.1 Å². The normalized spacial score (nSPS) is 15.3. The zero-order valence-corrected chi connectivity index (χ0v) is 18.8. The number of piperidine rings is 1. The standard InChI is InChI=1S/C25H34N4O2/c1-25(2,3)17-21(18-10-6-4-7-11-18)28-24(31)27-20-16-19(23(26)30)12-13-22(20)29-14-8-5-9-15-29/h4,6-7,10-13,16,21H,5,8-9,14-15,17H2,1-3H3,(H2,26,30)(H2,27,28,31). The summed E-state index contributed by atoms with van der Waals surface area (Å²) < 4.78 is 0. The van der Waals surface area contributed by atoms with Crippen molar-refractivity contribution in [1.29, 1.82) is 0 Å². The number of nitrogens with two attached hydrogens (primary N) is 1. The molecular formula is C25H34N4O2. The fourth-order valence-electron chi connectivity index (χ4n) is 4.07. The van der Waals surface area contributed by atoms with Crippen molar-refractivity contribution >= 4 is 23.3 Å². The third-order valence-corrected chi connectivity index (χ3v) is 5.55. The predicted molar refractivity (Wildman–Crippen MR) is 126 cm³/mol. The van der Waals surface area contributed by atoms with Gasteiger partial charge in [-0.05, 0) is 54.9 Å². The number of nitrogens with zero attached hydrogens (tertiary/aromatic N) is 1. The van der Waals surface area contributed by atoms with E-state index in [1.165, 1.54) is 6.42 Å². The van der Waals surface area contributed by atoms with Crippen molar-refractivity contribution in [2.24, 2.45) is 11.1 Å². The number of hydrogen-bond acceptors (Lipinski definition) is 3. The first-order valence-electron chi connectivity index (χ1n) is 11.0. The van der Waals surface area contributed by atoms with E-state index in [2.05, 4.69) is 36.3 Å². The predicted octanol–water partition coefficient (Wildman–Crippen LogP) is 5.07. The largest absolute Gasteiger partial charge is 0.370 e. The SMILES string of the molecule is CC(C)(C)CC(NC(=O)Nc1cc(C(N)=O)ccc1N1CCCCC1)c1ccccc1. The lowest BCUT2D eigenvalue weighted by Crippen LogP contribution is -2.36. The molecule has 31 heavy (non-hydrogen) atoms. The van der Waals surface area contributed by atoms with E-state index in [0.717, 1.165) is 43.6 Å². The van der Waals surface area contributed by atoms with Crippen LogP contribution in [0.15, 0.2) is 48.5 Å². The number of hydrogen-bond donors (Lipinski definition) is 3. The minimum absolute atomic E-state index is 0.0403. The fourth-order valence-corrected chi connectivity index (χ4v) is 4.07. The molecule has 2 aromatic rings. The monoisotopic (exact) mass is 422 g/mol. The van der Waals surface area contributed by atoms with E-state index in [1.807, 2.05) is 36.4 Å².